The van der Waals surface area contributed by atoms with Crippen LogP contribution in [0.25, 0.3) is 0 Å². The van der Waals surface area contributed by atoms with Crippen molar-refractivity contribution in [2.24, 2.45) is 7.05 Å². The van der Waals surface area contributed by atoms with Crippen LogP contribution in [0, 0.1) is 19.7 Å². The highest BCUT2D eigenvalue weighted by Gasteiger charge is 2.19. The number of halogens is 2. The summed E-state index contributed by atoms with van der Waals surface area (Å²) in [6.07, 6.45) is 0. The van der Waals surface area contributed by atoms with E-state index in [4.69, 9.17) is 27.8 Å². The van der Waals surface area contributed by atoms with E-state index < -0.39 is 5.82 Å². The molecule has 1 aromatic heterocycles. The van der Waals surface area contributed by atoms with Gasteiger partial charge < -0.3 is 16.2 Å². The predicted octanol–water partition coefficient (Wildman–Crippen LogP) is 2.79. The maximum Gasteiger partial charge on any atom is 0.188 e. The summed E-state index contributed by atoms with van der Waals surface area (Å²) in [6.45, 7) is 3.57. The minimum absolute atomic E-state index is 0.0728. The number of ether oxygens (including phenoxy) is 1. The van der Waals surface area contributed by atoms with Crippen LogP contribution in [0.2, 0.25) is 5.02 Å². The molecule has 0 bridgehead atoms. The Kier molecular flexibility index (Phi) is 3.28. The molecule has 0 aliphatic rings. The third-order valence-corrected chi connectivity index (χ3v) is 3.25. The highest BCUT2D eigenvalue weighted by Crippen LogP contribution is 2.39. The van der Waals surface area contributed by atoms with Crippen molar-refractivity contribution in [2.75, 3.05) is 11.5 Å². The molecule has 2 rings (SSSR count). The molecule has 4 N–H and O–H groups in total. The van der Waals surface area contributed by atoms with E-state index in [-0.39, 0.29) is 22.1 Å². The molecule has 0 saturated carbocycles. The Hall–Kier alpha value is -1.95. The lowest BCUT2D eigenvalue weighted by atomic mass is 10.2. The predicted molar refractivity (Wildman–Crippen MR) is 73.0 cm³/mol. The van der Waals surface area contributed by atoms with Gasteiger partial charge in [-0.05, 0) is 19.9 Å². The first-order valence-electron chi connectivity index (χ1n) is 5.54. The van der Waals surface area contributed by atoms with Gasteiger partial charge in [-0.15, -0.1) is 0 Å². The third-order valence-electron chi connectivity index (χ3n) is 2.87. The fourth-order valence-corrected chi connectivity index (χ4v) is 1.90. The Labute approximate surface area is 114 Å². The monoisotopic (exact) mass is 284 g/mol. The molecule has 0 fully saturated rings. The largest absolute Gasteiger partial charge is 0.448 e. The van der Waals surface area contributed by atoms with E-state index in [0.717, 1.165) is 5.69 Å². The van der Waals surface area contributed by atoms with Crippen molar-refractivity contribution < 1.29 is 9.13 Å². The van der Waals surface area contributed by atoms with Crippen molar-refractivity contribution in [1.82, 2.24) is 9.78 Å². The van der Waals surface area contributed by atoms with Gasteiger partial charge >= 0.3 is 0 Å². The minimum atomic E-state index is -0.776. The molecule has 7 heteroatoms. The SMILES string of the molecule is Cc1nn(C)c(C)c1Oc1c(N)cc(N)c(Cl)c1F. The van der Waals surface area contributed by atoms with Crippen LogP contribution in [-0.4, -0.2) is 9.78 Å². The van der Waals surface area contributed by atoms with Crippen LogP contribution in [0.5, 0.6) is 11.5 Å². The van der Waals surface area contributed by atoms with Crippen molar-refractivity contribution in [1.29, 1.82) is 0 Å². The summed E-state index contributed by atoms with van der Waals surface area (Å²) < 4.78 is 21.2. The van der Waals surface area contributed by atoms with Crippen LogP contribution < -0.4 is 16.2 Å². The second kappa shape index (κ2) is 4.62. The summed E-state index contributed by atoms with van der Waals surface area (Å²) >= 11 is 5.75. The van der Waals surface area contributed by atoms with Crippen LogP contribution in [0.1, 0.15) is 11.4 Å². The van der Waals surface area contributed by atoms with E-state index in [9.17, 15) is 4.39 Å². The summed E-state index contributed by atoms with van der Waals surface area (Å²) in [6, 6.07) is 1.36. The Balaban J connectivity index is 2.53. The first kappa shape index (κ1) is 13.5. The normalized spacial score (nSPS) is 10.8. The number of nitrogens with zero attached hydrogens (tertiary/aromatic N) is 2. The zero-order valence-electron chi connectivity index (χ0n) is 10.8. The summed E-state index contributed by atoms with van der Waals surface area (Å²) in [5, 5.41) is 3.97. The molecule has 0 unspecified atom stereocenters. The molecule has 102 valence electrons. The van der Waals surface area contributed by atoms with Gasteiger partial charge in [0.05, 0.1) is 17.1 Å². The van der Waals surface area contributed by atoms with E-state index in [1.54, 1.807) is 18.7 Å². The molecule has 0 radical (unpaired) electrons. The first-order chi connectivity index (χ1) is 8.82. The second-order valence-corrected chi connectivity index (χ2v) is 4.62. The number of benzene rings is 1. The Morgan fingerprint density at radius 3 is 2.42 bits per heavy atom. The van der Waals surface area contributed by atoms with Crippen molar-refractivity contribution in [2.45, 2.75) is 13.8 Å². The molecule has 1 aromatic carbocycles. The number of hydrogen-bond acceptors (Lipinski definition) is 4. The summed E-state index contributed by atoms with van der Waals surface area (Å²) in [7, 11) is 1.77. The minimum Gasteiger partial charge on any atom is -0.448 e. The molecule has 0 saturated heterocycles. The fourth-order valence-electron chi connectivity index (χ4n) is 1.76. The lowest BCUT2D eigenvalue weighted by Crippen LogP contribution is -2.00. The zero-order valence-corrected chi connectivity index (χ0v) is 11.5. The number of anilines is 2. The van der Waals surface area contributed by atoms with Gasteiger partial charge in [0.2, 0.25) is 0 Å². The number of nitrogens with two attached hydrogens (primary N) is 2. The molecular formula is C12H14ClFN4O. The van der Waals surface area contributed by atoms with Gasteiger partial charge in [-0.25, -0.2) is 4.39 Å². The van der Waals surface area contributed by atoms with Gasteiger partial charge in [0.15, 0.2) is 17.3 Å². The maximum absolute atomic E-state index is 14.0. The molecule has 0 amide bonds. The van der Waals surface area contributed by atoms with Gasteiger partial charge in [-0.3, -0.25) is 4.68 Å². The molecule has 0 spiro atoms. The van der Waals surface area contributed by atoms with Crippen molar-refractivity contribution in [3.63, 3.8) is 0 Å². The van der Waals surface area contributed by atoms with E-state index in [2.05, 4.69) is 5.10 Å². The topological polar surface area (TPSA) is 79.1 Å². The highest BCUT2D eigenvalue weighted by atomic mass is 35.5. The molecule has 1 heterocycles. The number of aromatic nitrogens is 2. The Morgan fingerprint density at radius 2 is 1.89 bits per heavy atom. The number of hydrogen-bond donors (Lipinski definition) is 2. The lowest BCUT2D eigenvalue weighted by molar-refractivity contribution is 0.439. The number of aryl methyl sites for hydroxylation is 2. The van der Waals surface area contributed by atoms with Crippen LogP contribution in [-0.2, 0) is 7.05 Å². The molecule has 19 heavy (non-hydrogen) atoms. The molecule has 0 aliphatic heterocycles. The first-order valence-corrected chi connectivity index (χ1v) is 5.91. The van der Waals surface area contributed by atoms with Crippen LogP contribution in [0.3, 0.4) is 0 Å². The van der Waals surface area contributed by atoms with Crippen LogP contribution in [0.15, 0.2) is 6.07 Å². The van der Waals surface area contributed by atoms with Gasteiger partial charge in [-0.1, -0.05) is 11.6 Å². The lowest BCUT2D eigenvalue weighted by Gasteiger charge is -2.12. The van der Waals surface area contributed by atoms with Crippen molar-refractivity contribution in [3.8, 4) is 11.5 Å². The number of nitrogen functional groups attached to an aromatic ring is 2. The molecule has 0 atom stereocenters. The average Bonchev–Trinajstić information content (AvgIpc) is 2.57. The van der Waals surface area contributed by atoms with Gasteiger partial charge in [-0.2, -0.15) is 5.10 Å². The number of rotatable bonds is 2. The molecule has 0 aliphatic carbocycles. The summed E-state index contributed by atoms with van der Waals surface area (Å²) in [4.78, 5) is 0. The molecule has 2 aromatic rings. The van der Waals surface area contributed by atoms with Gasteiger partial charge in [0.1, 0.15) is 10.7 Å². The maximum atomic E-state index is 14.0. The third kappa shape index (κ3) is 2.19. The highest BCUT2D eigenvalue weighted by molar-refractivity contribution is 6.33. The van der Waals surface area contributed by atoms with E-state index in [1.165, 1.54) is 6.07 Å². The van der Waals surface area contributed by atoms with E-state index >= 15 is 0 Å². The van der Waals surface area contributed by atoms with Crippen LogP contribution in [0.4, 0.5) is 15.8 Å². The van der Waals surface area contributed by atoms with E-state index in [0.29, 0.717) is 11.4 Å². The zero-order chi connectivity index (χ0) is 14.3. The fraction of sp³-hybridized carbons (Fsp3) is 0.250. The standard InChI is InChI=1S/C12H14ClFN4O/c1-5-11(6(2)18(3)17-5)19-12-8(16)4-7(15)9(13)10(12)14/h4H,15-16H2,1-3H3. The van der Waals surface area contributed by atoms with Crippen molar-refractivity contribution >= 4 is 23.0 Å². The summed E-state index contributed by atoms with van der Waals surface area (Å²) in [5.74, 6) is -0.464. The Bertz CT molecular complexity index is 654. The van der Waals surface area contributed by atoms with E-state index in [1.807, 2.05) is 6.92 Å². The quantitative estimate of drug-likeness (QED) is 0.831. The molecular weight excluding hydrogens is 271 g/mol. The van der Waals surface area contributed by atoms with Crippen LogP contribution >= 0.6 is 11.6 Å². The average molecular weight is 285 g/mol. The van der Waals surface area contributed by atoms with Crippen molar-refractivity contribution in [3.05, 3.63) is 28.3 Å². The second-order valence-electron chi connectivity index (χ2n) is 4.24. The smallest absolute Gasteiger partial charge is 0.188 e. The Morgan fingerprint density at radius 1 is 1.26 bits per heavy atom. The summed E-state index contributed by atoms with van der Waals surface area (Å²) in [5.41, 5.74) is 12.8. The molecule has 5 nitrogen and oxygen atoms in total. The van der Waals surface area contributed by atoms with Gasteiger partial charge in [0, 0.05) is 7.05 Å². The van der Waals surface area contributed by atoms with Gasteiger partial charge in [0.25, 0.3) is 0 Å².